The minimum Gasteiger partial charge on any atom is -0.468 e. The van der Waals surface area contributed by atoms with Crippen molar-refractivity contribution in [3.63, 3.8) is 0 Å². The van der Waals surface area contributed by atoms with Crippen LogP contribution in [-0.2, 0) is 9.53 Å². The molecule has 1 heterocycles. The highest BCUT2D eigenvalue weighted by atomic mass is 32.1. The first-order valence-electron chi connectivity index (χ1n) is 6.85. The summed E-state index contributed by atoms with van der Waals surface area (Å²) in [5, 5.41) is 4.38. The summed E-state index contributed by atoms with van der Waals surface area (Å²) in [4.78, 5) is 17.7. The van der Waals surface area contributed by atoms with Gasteiger partial charge >= 0.3 is 5.97 Å². The zero-order valence-electron chi connectivity index (χ0n) is 12.7. The molecule has 0 radical (unpaired) electrons. The lowest BCUT2D eigenvalue weighted by Gasteiger charge is -2.21. The van der Waals surface area contributed by atoms with Gasteiger partial charge in [0.15, 0.2) is 0 Å². The van der Waals surface area contributed by atoms with Crippen molar-refractivity contribution in [2.75, 3.05) is 7.11 Å². The van der Waals surface area contributed by atoms with Gasteiger partial charge in [0, 0.05) is 10.9 Å². The summed E-state index contributed by atoms with van der Waals surface area (Å²) < 4.78 is 4.93. The summed E-state index contributed by atoms with van der Waals surface area (Å²) in [6.45, 7) is 6.02. The van der Waals surface area contributed by atoms with Crippen LogP contribution in [0, 0.1) is 13.8 Å². The van der Waals surface area contributed by atoms with Crippen LogP contribution in [0.2, 0.25) is 0 Å². The Kier molecular flexibility index (Phi) is 5.09. The van der Waals surface area contributed by atoms with Crippen LogP contribution in [0.3, 0.4) is 0 Å². The zero-order valence-corrected chi connectivity index (χ0v) is 13.5. The van der Waals surface area contributed by atoms with Crippen LogP contribution >= 0.6 is 11.3 Å². The Balaban J connectivity index is 2.23. The van der Waals surface area contributed by atoms with Gasteiger partial charge < -0.3 is 4.74 Å². The van der Waals surface area contributed by atoms with Gasteiger partial charge in [0.05, 0.1) is 17.8 Å². The highest BCUT2D eigenvalue weighted by Crippen LogP contribution is 2.27. The van der Waals surface area contributed by atoms with Crippen molar-refractivity contribution in [2.45, 2.75) is 32.9 Å². The van der Waals surface area contributed by atoms with E-state index in [2.05, 4.69) is 10.3 Å². The van der Waals surface area contributed by atoms with Crippen molar-refractivity contribution in [2.24, 2.45) is 0 Å². The van der Waals surface area contributed by atoms with E-state index < -0.39 is 6.04 Å². The highest BCUT2D eigenvalue weighted by Gasteiger charge is 2.25. The van der Waals surface area contributed by atoms with Gasteiger partial charge in [-0.25, -0.2) is 9.78 Å². The Hall–Kier alpha value is -1.72. The standard InChI is InChI=1S/C16H20N2O2S/c1-10-15(21-12(3)17-10)11(2)18-14(16(19)20-4)13-8-6-5-7-9-13/h5-9,11,14,18H,1-4H3. The third-order valence-corrected chi connectivity index (χ3v) is 4.57. The number of nitrogens with one attached hydrogen (secondary N) is 1. The van der Waals surface area contributed by atoms with Gasteiger partial charge in [-0.2, -0.15) is 0 Å². The summed E-state index contributed by atoms with van der Waals surface area (Å²) in [7, 11) is 1.41. The molecule has 0 spiro atoms. The average Bonchev–Trinajstić information content (AvgIpc) is 2.83. The van der Waals surface area contributed by atoms with Crippen LogP contribution in [0.4, 0.5) is 0 Å². The minimum atomic E-state index is -0.479. The lowest BCUT2D eigenvalue weighted by molar-refractivity contribution is -0.143. The number of hydrogen-bond donors (Lipinski definition) is 1. The maximum Gasteiger partial charge on any atom is 0.327 e. The Bertz CT molecular complexity index is 610. The van der Waals surface area contributed by atoms with E-state index in [0.717, 1.165) is 21.1 Å². The molecule has 0 aliphatic carbocycles. The van der Waals surface area contributed by atoms with Gasteiger partial charge in [-0.3, -0.25) is 5.32 Å². The highest BCUT2D eigenvalue weighted by molar-refractivity contribution is 7.11. The van der Waals surface area contributed by atoms with Crippen molar-refractivity contribution >= 4 is 17.3 Å². The molecule has 0 saturated carbocycles. The molecule has 1 aromatic heterocycles. The number of thiazole rings is 1. The Morgan fingerprint density at radius 3 is 2.48 bits per heavy atom. The van der Waals surface area contributed by atoms with Crippen molar-refractivity contribution in [1.29, 1.82) is 0 Å². The summed E-state index contributed by atoms with van der Waals surface area (Å²) >= 11 is 1.65. The Morgan fingerprint density at radius 1 is 1.29 bits per heavy atom. The zero-order chi connectivity index (χ0) is 15.4. The molecule has 0 amide bonds. The maximum atomic E-state index is 12.1. The molecule has 112 valence electrons. The van der Waals surface area contributed by atoms with Crippen LogP contribution in [0.1, 0.15) is 40.1 Å². The van der Waals surface area contributed by atoms with E-state index in [0.29, 0.717) is 0 Å². The quantitative estimate of drug-likeness (QED) is 0.861. The monoisotopic (exact) mass is 304 g/mol. The van der Waals surface area contributed by atoms with E-state index in [-0.39, 0.29) is 12.0 Å². The van der Waals surface area contributed by atoms with Gasteiger partial charge in [0.25, 0.3) is 0 Å². The number of aromatic nitrogens is 1. The van der Waals surface area contributed by atoms with Gasteiger partial charge in [-0.1, -0.05) is 30.3 Å². The summed E-state index contributed by atoms with van der Waals surface area (Å²) in [6, 6.07) is 9.16. The van der Waals surface area contributed by atoms with E-state index in [1.165, 1.54) is 7.11 Å². The molecular formula is C16H20N2O2S. The first-order valence-corrected chi connectivity index (χ1v) is 7.67. The number of benzene rings is 1. The number of esters is 1. The number of hydrogen-bond acceptors (Lipinski definition) is 5. The molecule has 0 fully saturated rings. The Morgan fingerprint density at radius 2 is 1.95 bits per heavy atom. The van der Waals surface area contributed by atoms with E-state index in [9.17, 15) is 4.79 Å². The fourth-order valence-electron chi connectivity index (χ4n) is 2.34. The van der Waals surface area contributed by atoms with Gasteiger partial charge in [-0.05, 0) is 26.3 Å². The molecule has 0 bridgehead atoms. The predicted octanol–water partition coefficient (Wildman–Crippen LogP) is 3.32. The van der Waals surface area contributed by atoms with Gasteiger partial charge in [-0.15, -0.1) is 11.3 Å². The molecule has 2 unspecified atom stereocenters. The molecule has 1 aromatic carbocycles. The van der Waals surface area contributed by atoms with Crippen molar-refractivity contribution in [3.8, 4) is 0 Å². The first-order chi connectivity index (χ1) is 10.0. The maximum absolute atomic E-state index is 12.1. The van der Waals surface area contributed by atoms with E-state index in [1.807, 2.05) is 51.1 Å². The molecule has 21 heavy (non-hydrogen) atoms. The second-order valence-electron chi connectivity index (χ2n) is 4.94. The molecule has 2 aromatic rings. The average molecular weight is 304 g/mol. The number of ether oxygens (including phenoxy) is 1. The number of methoxy groups -OCH3 is 1. The predicted molar refractivity (Wildman–Crippen MR) is 84.3 cm³/mol. The second kappa shape index (κ2) is 6.83. The molecule has 4 nitrogen and oxygen atoms in total. The number of rotatable bonds is 5. The molecule has 0 aliphatic heterocycles. The fourth-order valence-corrected chi connectivity index (χ4v) is 3.28. The van der Waals surface area contributed by atoms with Crippen LogP contribution in [0.25, 0.3) is 0 Å². The molecule has 0 saturated heterocycles. The van der Waals surface area contributed by atoms with Crippen LogP contribution in [0.15, 0.2) is 30.3 Å². The lowest BCUT2D eigenvalue weighted by atomic mass is 10.1. The smallest absolute Gasteiger partial charge is 0.327 e. The molecule has 2 atom stereocenters. The SMILES string of the molecule is COC(=O)C(NC(C)c1sc(C)nc1C)c1ccccc1. The number of carbonyl (C=O) groups is 1. The van der Waals surface area contributed by atoms with Crippen molar-refractivity contribution in [1.82, 2.24) is 10.3 Å². The largest absolute Gasteiger partial charge is 0.468 e. The third-order valence-electron chi connectivity index (χ3n) is 3.32. The normalized spacial score (nSPS) is 13.7. The van der Waals surface area contributed by atoms with E-state index in [1.54, 1.807) is 11.3 Å². The van der Waals surface area contributed by atoms with Gasteiger partial charge in [0.1, 0.15) is 6.04 Å². The summed E-state index contributed by atoms with van der Waals surface area (Å²) in [5.41, 5.74) is 1.91. The number of aryl methyl sites for hydroxylation is 2. The summed E-state index contributed by atoms with van der Waals surface area (Å²) in [6.07, 6.45) is 0. The third kappa shape index (κ3) is 3.68. The molecule has 2 rings (SSSR count). The molecular weight excluding hydrogens is 284 g/mol. The first kappa shape index (κ1) is 15.7. The van der Waals surface area contributed by atoms with Crippen LogP contribution in [-0.4, -0.2) is 18.1 Å². The topological polar surface area (TPSA) is 51.2 Å². The molecule has 5 heteroatoms. The van der Waals surface area contributed by atoms with E-state index in [4.69, 9.17) is 4.74 Å². The lowest BCUT2D eigenvalue weighted by Crippen LogP contribution is -2.31. The molecule has 0 aliphatic rings. The molecule has 1 N–H and O–H groups in total. The van der Waals surface area contributed by atoms with Crippen molar-refractivity contribution < 1.29 is 9.53 Å². The fraction of sp³-hybridized carbons (Fsp3) is 0.375. The number of nitrogens with zero attached hydrogens (tertiary/aromatic N) is 1. The van der Waals surface area contributed by atoms with Crippen molar-refractivity contribution in [3.05, 3.63) is 51.5 Å². The Labute approximate surface area is 129 Å². The van der Waals surface area contributed by atoms with Gasteiger partial charge in [0.2, 0.25) is 0 Å². The summed E-state index contributed by atoms with van der Waals surface area (Å²) in [5.74, 6) is -0.285. The minimum absolute atomic E-state index is 0.0282. The number of carbonyl (C=O) groups excluding carboxylic acids is 1. The van der Waals surface area contributed by atoms with E-state index >= 15 is 0 Å². The second-order valence-corrected chi connectivity index (χ2v) is 6.17. The van der Waals surface area contributed by atoms with Crippen LogP contribution < -0.4 is 5.32 Å². The van der Waals surface area contributed by atoms with Crippen LogP contribution in [0.5, 0.6) is 0 Å².